The predicted molar refractivity (Wildman–Crippen MR) is 228 cm³/mol. The Morgan fingerprint density at radius 3 is 1.97 bits per heavy atom. The second kappa shape index (κ2) is 15.8. The molecular weight excluding hydrogens is 761 g/mol. The van der Waals surface area contributed by atoms with Gasteiger partial charge in [0.05, 0.1) is 20.3 Å². The van der Waals surface area contributed by atoms with Gasteiger partial charge >= 0.3 is 0 Å². The molecule has 2 aliphatic heterocycles. The molecule has 5 aliphatic carbocycles. The van der Waals surface area contributed by atoms with E-state index >= 15 is 0 Å². The molecule has 12 heteroatoms. The quantitative estimate of drug-likeness (QED) is 0.148. The minimum Gasteiger partial charge on any atom is -0.504 e. The lowest BCUT2D eigenvalue weighted by atomic mass is 9.52. The third kappa shape index (κ3) is 6.67. The minimum atomic E-state index is -0.552. The molecule has 2 fully saturated rings. The molecule has 60 heavy (non-hydrogen) atoms. The third-order valence-corrected chi connectivity index (χ3v) is 13.7. The van der Waals surface area contributed by atoms with Crippen molar-refractivity contribution in [2.45, 2.75) is 49.2 Å². The zero-order valence-electron chi connectivity index (χ0n) is 34.3. The van der Waals surface area contributed by atoms with Crippen LogP contribution in [0.25, 0.3) is 0 Å². The maximum Gasteiger partial charge on any atom is 0.220 e. The number of aromatic hydroxyl groups is 2. The molecule has 12 nitrogen and oxygen atoms in total. The highest BCUT2D eigenvalue weighted by atomic mass is 16.5. The number of hydrogen-bond donors (Lipinski definition) is 5. The molecule has 3 aromatic rings. The van der Waals surface area contributed by atoms with Gasteiger partial charge in [-0.1, -0.05) is 54.6 Å². The Morgan fingerprint density at radius 1 is 0.733 bits per heavy atom. The van der Waals surface area contributed by atoms with Gasteiger partial charge in [0.2, 0.25) is 5.78 Å². The van der Waals surface area contributed by atoms with Crippen LogP contribution in [0, 0.1) is 17.3 Å². The predicted octanol–water partition coefficient (Wildman–Crippen LogP) is 6.28. The Kier molecular flexibility index (Phi) is 10.7. The van der Waals surface area contributed by atoms with Crippen molar-refractivity contribution in [3.8, 4) is 11.5 Å². The number of carbonyl (C=O) groups excluding carboxylic acids is 3. The number of carbonyl (C=O) groups is 3. The van der Waals surface area contributed by atoms with Crippen LogP contribution in [0.15, 0.2) is 132 Å². The van der Waals surface area contributed by atoms with E-state index in [-0.39, 0.29) is 77.4 Å². The van der Waals surface area contributed by atoms with Crippen molar-refractivity contribution >= 4 is 28.7 Å². The summed E-state index contributed by atoms with van der Waals surface area (Å²) in [7, 11) is 7.21. The number of fused-ring (bicyclic) bond motifs is 2. The smallest absolute Gasteiger partial charge is 0.220 e. The molecule has 4 bridgehead atoms. The molecule has 0 saturated carbocycles. The van der Waals surface area contributed by atoms with E-state index in [1.165, 1.54) is 20.3 Å². The van der Waals surface area contributed by atoms with Crippen molar-refractivity contribution in [2.75, 3.05) is 52.5 Å². The van der Waals surface area contributed by atoms with Gasteiger partial charge in [0.1, 0.15) is 0 Å². The molecule has 0 radical (unpaired) electrons. The molecule has 2 unspecified atom stereocenters. The highest BCUT2D eigenvalue weighted by molar-refractivity contribution is 6.06. The summed E-state index contributed by atoms with van der Waals surface area (Å²) in [5.74, 6) is -0.187. The number of phenolic OH excluding ortho intramolecular Hbond substituents is 2. The number of nitrogen functional groups attached to an aromatic ring is 1. The molecule has 0 amide bonds. The number of piperidine rings is 2. The standard InChI is InChI=1S/C24H26N2O4.C18H19NO4.C6H7N/c1-26-11-10-24-13-18(28)19(30-2)12-16(24)22(26)21(25-14-6-4-3-5-7-14)15-8-9-17(27)23(29)20(15)24;1-19-6-5-18-9-14(21)15(23-2)8-11(18)12(19)7-10-3-4-13(20)17(22)16(10)18;7-6-4-2-1-3-5-6/h3-9,12,16,21-22,25,27,29H,10-11,13H2,1-2H3;3-4,7-8,11-12,22H,5-6,9H2,1-2H3;1-5H,7H2/t16?,21-,22-,24-;11?,12-,18+;/m10./s1. The zero-order valence-corrected chi connectivity index (χ0v) is 34.3. The number of aliphatic hydroxyl groups is 1. The summed E-state index contributed by atoms with van der Waals surface area (Å²) >= 11 is 0. The lowest BCUT2D eigenvalue weighted by Crippen LogP contribution is -2.62. The largest absolute Gasteiger partial charge is 0.504 e. The Morgan fingerprint density at radius 2 is 1.33 bits per heavy atom. The van der Waals surface area contributed by atoms with Gasteiger partial charge < -0.3 is 40.7 Å². The number of allylic oxidation sites excluding steroid dienone is 6. The Hall–Kier alpha value is -6.11. The highest BCUT2D eigenvalue weighted by Crippen LogP contribution is 2.61. The number of likely N-dealkylation sites (N-methyl/N-ethyl adjacent to an activating group) is 2. The molecule has 7 atom stereocenters. The van der Waals surface area contributed by atoms with E-state index < -0.39 is 10.8 Å². The second-order valence-corrected chi connectivity index (χ2v) is 16.8. The van der Waals surface area contributed by atoms with Crippen molar-refractivity contribution in [3.05, 3.63) is 143 Å². The molecule has 0 spiro atoms. The fourth-order valence-electron chi connectivity index (χ4n) is 10.9. The fourth-order valence-corrected chi connectivity index (χ4v) is 10.9. The van der Waals surface area contributed by atoms with Gasteiger partial charge in [0, 0.05) is 70.1 Å². The molecule has 0 aromatic heterocycles. The summed E-state index contributed by atoms with van der Waals surface area (Å²) in [4.78, 5) is 41.9. The van der Waals surface area contributed by atoms with E-state index in [1.807, 2.05) is 78.9 Å². The summed E-state index contributed by atoms with van der Waals surface area (Å²) < 4.78 is 10.7. The summed E-state index contributed by atoms with van der Waals surface area (Å²) in [6.45, 7) is 1.62. The molecule has 2 saturated heterocycles. The highest BCUT2D eigenvalue weighted by Gasteiger charge is 2.60. The van der Waals surface area contributed by atoms with Crippen LogP contribution < -0.4 is 11.1 Å². The number of anilines is 2. The first-order valence-electron chi connectivity index (χ1n) is 20.4. The number of ketones is 3. The van der Waals surface area contributed by atoms with Gasteiger partial charge in [-0.25, -0.2) is 0 Å². The second-order valence-electron chi connectivity index (χ2n) is 16.8. The lowest BCUT2D eigenvalue weighted by molar-refractivity contribution is -0.124. The normalized spacial score (nSPS) is 30.0. The number of nitrogens with one attached hydrogen (secondary N) is 1. The monoisotopic (exact) mass is 812 g/mol. The van der Waals surface area contributed by atoms with Crippen LogP contribution in [-0.4, -0.2) is 96.0 Å². The molecule has 312 valence electrons. The summed E-state index contributed by atoms with van der Waals surface area (Å²) in [5, 5.41) is 35.4. The number of hydrogen-bond acceptors (Lipinski definition) is 12. The minimum absolute atomic E-state index is 0.0223. The number of aliphatic hydroxyl groups excluding tert-OH is 1. The summed E-state index contributed by atoms with van der Waals surface area (Å²) in [6, 6.07) is 23.0. The van der Waals surface area contributed by atoms with Crippen LogP contribution in [0.4, 0.5) is 11.4 Å². The number of ether oxygens (including phenoxy) is 2. The van der Waals surface area contributed by atoms with E-state index in [0.717, 1.165) is 48.4 Å². The maximum absolute atomic E-state index is 12.9. The first-order valence-corrected chi connectivity index (χ1v) is 20.4. The Labute approximate surface area is 350 Å². The molecule has 6 N–H and O–H groups in total. The van der Waals surface area contributed by atoms with E-state index in [2.05, 4.69) is 35.3 Å². The van der Waals surface area contributed by atoms with Crippen molar-refractivity contribution in [1.29, 1.82) is 0 Å². The van der Waals surface area contributed by atoms with Gasteiger partial charge in [0.15, 0.2) is 40.3 Å². The number of para-hydroxylation sites is 2. The number of phenols is 2. The van der Waals surface area contributed by atoms with E-state index in [1.54, 1.807) is 12.1 Å². The van der Waals surface area contributed by atoms with Gasteiger partial charge in [-0.2, -0.15) is 0 Å². The number of likely N-dealkylation sites (tertiary alicyclic amines) is 2. The third-order valence-electron chi connectivity index (χ3n) is 13.7. The number of Topliss-reactive ketones (excluding diaryl/α,β-unsaturated/α-hetero) is 2. The molecule has 2 heterocycles. The molecular formula is C48H52N4O8. The number of rotatable bonds is 4. The first kappa shape index (κ1) is 40.7. The maximum atomic E-state index is 12.9. The van der Waals surface area contributed by atoms with E-state index in [0.29, 0.717) is 22.7 Å². The van der Waals surface area contributed by atoms with E-state index in [4.69, 9.17) is 15.2 Å². The van der Waals surface area contributed by atoms with Crippen LogP contribution in [0.5, 0.6) is 11.5 Å². The van der Waals surface area contributed by atoms with Crippen LogP contribution in [0.2, 0.25) is 0 Å². The van der Waals surface area contributed by atoms with E-state index in [9.17, 15) is 29.7 Å². The molecule has 10 rings (SSSR count). The van der Waals surface area contributed by atoms with Crippen LogP contribution >= 0.6 is 0 Å². The van der Waals surface area contributed by atoms with Crippen LogP contribution in [-0.2, 0) is 29.3 Å². The first-order chi connectivity index (χ1) is 28.8. The van der Waals surface area contributed by atoms with Crippen molar-refractivity contribution in [2.24, 2.45) is 17.3 Å². The zero-order chi connectivity index (χ0) is 42.5. The fraction of sp³-hybridized carbons (Fsp3) is 0.354. The SMILES string of the molecule is COC1=CC2[C@@H]3C=C4C=CC(=O)C(O)=C4[C@]2(CCN3C)CC1=O.COC1=CC2[C@@H]3[C@H](Nc4ccccc4)c4ccc(O)c(O)c4[C@]2(CCN3C)CC1=O.Nc1ccccc1. The number of nitrogens with zero attached hydrogens (tertiary/aromatic N) is 2. The molecule has 7 aliphatic rings. The van der Waals surface area contributed by atoms with Gasteiger partial charge in [0.25, 0.3) is 0 Å². The average molecular weight is 813 g/mol. The number of nitrogens with two attached hydrogens (primary N) is 1. The van der Waals surface area contributed by atoms with Crippen molar-refractivity contribution in [1.82, 2.24) is 9.80 Å². The van der Waals surface area contributed by atoms with Crippen molar-refractivity contribution < 1.29 is 39.2 Å². The summed E-state index contributed by atoms with van der Waals surface area (Å²) in [6.07, 6.45) is 11.1. The number of benzene rings is 3. The van der Waals surface area contributed by atoms with Gasteiger partial charge in [-0.3, -0.25) is 19.3 Å². The Balaban J connectivity index is 0.000000147. The topological polar surface area (TPSA) is 175 Å². The van der Waals surface area contributed by atoms with Gasteiger partial charge in [-0.05, 0) is 99.7 Å². The van der Waals surface area contributed by atoms with Crippen molar-refractivity contribution in [3.63, 3.8) is 0 Å². The van der Waals surface area contributed by atoms with Crippen LogP contribution in [0.1, 0.15) is 42.9 Å². The van der Waals surface area contributed by atoms with Crippen LogP contribution in [0.3, 0.4) is 0 Å². The number of methoxy groups -OCH3 is 2. The summed E-state index contributed by atoms with van der Waals surface area (Å²) in [5.41, 5.74) is 9.26. The van der Waals surface area contributed by atoms with Gasteiger partial charge in [-0.15, -0.1) is 0 Å². The molecule has 3 aromatic carbocycles. The average Bonchev–Trinajstić information content (AvgIpc) is 3.24. The lowest BCUT2D eigenvalue weighted by Gasteiger charge is -2.59. The Bertz CT molecular complexity index is 2370.